The summed E-state index contributed by atoms with van der Waals surface area (Å²) < 4.78 is 29.7. The van der Waals surface area contributed by atoms with E-state index >= 15 is 0 Å². The minimum atomic E-state index is -0.0488. The molecule has 1 fully saturated rings. The normalized spacial score (nSPS) is 27.4. The SMILES string of the molecule is COc1ccc2c(c1OC)[C@H](CC1=C[C@@H]3[C@H](C(C)C)CC[C@](C)(OC)[C@H]3CC1)N(C)c1c-2ccc2cc3c(cc12)OCO3. The van der Waals surface area contributed by atoms with Crippen molar-refractivity contribution in [2.24, 2.45) is 23.7 Å². The number of allylic oxidation sites excluding steroid dienone is 1. The molecule has 2 aliphatic heterocycles. The highest BCUT2D eigenvalue weighted by molar-refractivity contribution is 6.05. The highest BCUT2D eigenvalue weighted by Crippen LogP contribution is 2.57. The maximum absolute atomic E-state index is 6.21. The van der Waals surface area contributed by atoms with Crippen molar-refractivity contribution < 1.29 is 23.7 Å². The van der Waals surface area contributed by atoms with Gasteiger partial charge in [0.05, 0.1) is 31.5 Å². The van der Waals surface area contributed by atoms with Crippen molar-refractivity contribution >= 4 is 16.5 Å². The van der Waals surface area contributed by atoms with E-state index in [-0.39, 0.29) is 18.4 Å². The maximum atomic E-state index is 6.21. The number of hydrogen-bond acceptors (Lipinski definition) is 6. The third kappa shape index (κ3) is 4.39. The Morgan fingerprint density at radius 2 is 1.74 bits per heavy atom. The zero-order valence-electron chi connectivity index (χ0n) is 26.7. The average molecular weight is 584 g/mol. The molecule has 7 rings (SSSR count). The lowest BCUT2D eigenvalue weighted by Crippen LogP contribution is -2.49. The molecule has 0 aromatic heterocycles. The Kier molecular flexibility index (Phi) is 7.04. The molecule has 0 radical (unpaired) electrons. The van der Waals surface area contributed by atoms with E-state index in [0.29, 0.717) is 23.7 Å². The Morgan fingerprint density at radius 3 is 2.47 bits per heavy atom. The number of anilines is 1. The Hall–Kier alpha value is -3.38. The van der Waals surface area contributed by atoms with Gasteiger partial charge in [0, 0.05) is 30.7 Å². The summed E-state index contributed by atoms with van der Waals surface area (Å²) in [5.74, 6) is 5.65. The summed E-state index contributed by atoms with van der Waals surface area (Å²) in [6.45, 7) is 7.40. The Labute approximate surface area is 255 Å². The Morgan fingerprint density at radius 1 is 0.977 bits per heavy atom. The van der Waals surface area contributed by atoms with Crippen LogP contribution in [0, 0.1) is 23.7 Å². The average Bonchev–Trinajstić information content (AvgIpc) is 3.48. The Bertz CT molecular complexity index is 1590. The molecule has 0 amide bonds. The second-order valence-electron chi connectivity index (χ2n) is 13.5. The van der Waals surface area contributed by atoms with Gasteiger partial charge in [0.2, 0.25) is 6.79 Å². The summed E-state index contributed by atoms with van der Waals surface area (Å²) in [6.07, 6.45) is 8.23. The summed E-state index contributed by atoms with van der Waals surface area (Å²) >= 11 is 0. The highest BCUT2D eigenvalue weighted by Gasteiger charge is 2.48. The Balaban J connectivity index is 1.36. The maximum Gasteiger partial charge on any atom is 0.231 e. The third-order valence-electron chi connectivity index (χ3n) is 11.2. The molecule has 0 spiro atoms. The summed E-state index contributed by atoms with van der Waals surface area (Å²) in [5, 5.41) is 2.33. The number of benzene rings is 3. The van der Waals surface area contributed by atoms with Crippen LogP contribution in [-0.4, -0.2) is 40.8 Å². The van der Waals surface area contributed by atoms with Gasteiger partial charge in [-0.1, -0.05) is 37.6 Å². The third-order valence-corrected chi connectivity index (χ3v) is 11.2. The largest absolute Gasteiger partial charge is 0.493 e. The van der Waals surface area contributed by atoms with Gasteiger partial charge in [-0.3, -0.25) is 0 Å². The molecule has 43 heavy (non-hydrogen) atoms. The lowest BCUT2D eigenvalue weighted by atomic mass is 9.58. The van der Waals surface area contributed by atoms with E-state index in [1.165, 1.54) is 40.6 Å². The van der Waals surface area contributed by atoms with E-state index in [1.54, 1.807) is 19.8 Å². The van der Waals surface area contributed by atoms with Gasteiger partial charge in [0.1, 0.15) is 0 Å². The van der Waals surface area contributed by atoms with Gasteiger partial charge >= 0.3 is 0 Å². The monoisotopic (exact) mass is 583 g/mol. The van der Waals surface area contributed by atoms with Gasteiger partial charge in [-0.15, -0.1) is 0 Å². The van der Waals surface area contributed by atoms with Crippen molar-refractivity contribution in [3.63, 3.8) is 0 Å². The van der Waals surface area contributed by atoms with Crippen molar-refractivity contribution in [1.82, 2.24) is 0 Å². The van der Waals surface area contributed by atoms with Crippen LogP contribution in [0.5, 0.6) is 23.0 Å². The van der Waals surface area contributed by atoms with Gasteiger partial charge < -0.3 is 28.6 Å². The minimum Gasteiger partial charge on any atom is -0.493 e. The van der Waals surface area contributed by atoms with Gasteiger partial charge in [-0.2, -0.15) is 0 Å². The number of methoxy groups -OCH3 is 3. The zero-order valence-corrected chi connectivity index (χ0v) is 26.7. The van der Waals surface area contributed by atoms with E-state index in [9.17, 15) is 0 Å². The first-order valence-electron chi connectivity index (χ1n) is 15.9. The van der Waals surface area contributed by atoms with E-state index in [1.807, 2.05) is 13.2 Å². The molecule has 2 heterocycles. The molecular formula is C37H45NO5. The van der Waals surface area contributed by atoms with Crippen LogP contribution in [0.3, 0.4) is 0 Å². The fourth-order valence-corrected chi connectivity index (χ4v) is 8.82. The fraction of sp³-hybridized carbons (Fsp3) is 0.514. The lowest BCUT2D eigenvalue weighted by Gasteiger charge is -2.51. The van der Waals surface area contributed by atoms with Crippen molar-refractivity contribution in [2.75, 3.05) is 40.1 Å². The number of rotatable bonds is 6. The van der Waals surface area contributed by atoms with Gasteiger partial charge in [-0.05, 0) is 97.9 Å². The molecule has 228 valence electrons. The number of fused-ring (bicyclic) bond motifs is 7. The summed E-state index contributed by atoms with van der Waals surface area (Å²) in [6, 6.07) is 13.0. The van der Waals surface area contributed by atoms with Gasteiger partial charge in [0.25, 0.3) is 0 Å². The highest BCUT2D eigenvalue weighted by atomic mass is 16.7. The molecule has 0 N–H and O–H groups in total. The van der Waals surface area contributed by atoms with Crippen LogP contribution in [0.4, 0.5) is 5.69 Å². The number of ether oxygens (including phenoxy) is 5. The predicted octanol–water partition coefficient (Wildman–Crippen LogP) is 8.56. The van der Waals surface area contributed by atoms with Crippen LogP contribution < -0.4 is 23.8 Å². The van der Waals surface area contributed by atoms with Crippen molar-refractivity contribution in [3.05, 3.63) is 53.6 Å². The molecule has 1 saturated carbocycles. The molecule has 3 aromatic rings. The van der Waals surface area contributed by atoms with Crippen LogP contribution in [-0.2, 0) is 4.74 Å². The minimum absolute atomic E-state index is 0.0488. The van der Waals surface area contributed by atoms with E-state index in [4.69, 9.17) is 23.7 Å². The van der Waals surface area contributed by atoms with Crippen LogP contribution in [0.1, 0.15) is 64.5 Å². The first-order chi connectivity index (χ1) is 20.8. The van der Waals surface area contributed by atoms with Gasteiger partial charge in [-0.25, -0.2) is 0 Å². The standard InChI is InChI=1S/C37H45NO5/c1-21(2)24-14-15-37(3,41-7)29-12-8-22(16-28(24)29)17-30-34-25(11-13-31(39-5)36(34)40-6)26-10-9-23-18-32-33(43-20-42-32)19-27(23)35(26)38(30)4/h9-11,13,16,18-19,21,24,28-30H,8,12,14-15,17,20H2,1-7H3/t24-,28+,29-,30-,37-/m0/s1. The predicted molar refractivity (Wildman–Crippen MR) is 172 cm³/mol. The first-order valence-corrected chi connectivity index (χ1v) is 15.9. The molecule has 5 atom stereocenters. The van der Waals surface area contributed by atoms with Crippen molar-refractivity contribution in [2.45, 2.75) is 64.5 Å². The number of hydrogen-bond donors (Lipinski definition) is 0. The fourth-order valence-electron chi connectivity index (χ4n) is 8.82. The van der Waals surface area contributed by atoms with E-state index in [0.717, 1.165) is 47.6 Å². The van der Waals surface area contributed by atoms with E-state index < -0.39 is 0 Å². The van der Waals surface area contributed by atoms with Crippen LogP contribution >= 0.6 is 0 Å². The smallest absolute Gasteiger partial charge is 0.231 e. The van der Waals surface area contributed by atoms with Crippen molar-refractivity contribution in [1.29, 1.82) is 0 Å². The second-order valence-corrected chi connectivity index (χ2v) is 13.5. The summed E-state index contributed by atoms with van der Waals surface area (Å²) in [4.78, 5) is 2.47. The molecule has 3 aromatic carbocycles. The lowest BCUT2D eigenvalue weighted by molar-refractivity contribution is -0.108. The number of nitrogens with zero attached hydrogens (tertiary/aromatic N) is 1. The van der Waals surface area contributed by atoms with Crippen molar-refractivity contribution in [3.8, 4) is 34.1 Å². The molecule has 0 unspecified atom stereocenters. The molecule has 4 aliphatic rings. The topological polar surface area (TPSA) is 49.4 Å². The second kappa shape index (κ2) is 10.7. The summed E-state index contributed by atoms with van der Waals surface area (Å²) in [5.41, 5.74) is 6.31. The van der Waals surface area contributed by atoms with Crippen LogP contribution in [0.25, 0.3) is 21.9 Å². The molecule has 6 heteroatoms. The quantitative estimate of drug-likeness (QED) is 0.271. The zero-order chi connectivity index (χ0) is 30.0. The molecule has 0 bridgehead atoms. The molecule has 2 aliphatic carbocycles. The summed E-state index contributed by atoms with van der Waals surface area (Å²) in [7, 11) is 7.63. The van der Waals surface area contributed by atoms with Crippen LogP contribution in [0.2, 0.25) is 0 Å². The van der Waals surface area contributed by atoms with Crippen LogP contribution in [0.15, 0.2) is 48.0 Å². The first kappa shape index (κ1) is 28.4. The van der Waals surface area contributed by atoms with Gasteiger partial charge in [0.15, 0.2) is 23.0 Å². The molecule has 6 nitrogen and oxygen atoms in total. The molecular weight excluding hydrogens is 538 g/mol. The molecule has 0 saturated heterocycles. The van der Waals surface area contributed by atoms with E-state index in [2.05, 4.69) is 69.1 Å².